The molecule has 0 aliphatic carbocycles. The van der Waals surface area contributed by atoms with E-state index < -0.39 is 6.04 Å². The number of nitrogens with zero attached hydrogens (tertiary/aromatic N) is 1. The van der Waals surface area contributed by atoms with E-state index in [0.29, 0.717) is 22.8 Å². The molecule has 0 fully saturated rings. The minimum absolute atomic E-state index is 0.0918. The normalized spacial score (nSPS) is 21.2. The first-order valence-electron chi connectivity index (χ1n) is 6.60. The van der Waals surface area contributed by atoms with E-state index in [-0.39, 0.29) is 24.8 Å². The van der Waals surface area contributed by atoms with E-state index in [1.807, 2.05) is 0 Å². The summed E-state index contributed by atoms with van der Waals surface area (Å²) in [5.74, 6) is -0.0465. The smallest absolute Gasteiger partial charge is 0.254 e. The third-order valence-electron chi connectivity index (χ3n) is 3.64. The molecule has 2 heterocycles. The Morgan fingerprint density at radius 3 is 2.86 bits per heavy atom. The van der Waals surface area contributed by atoms with Gasteiger partial charge in [-0.05, 0) is 18.3 Å². The van der Waals surface area contributed by atoms with Gasteiger partial charge in [-0.15, -0.1) is 0 Å². The number of aliphatic hydroxyl groups excluding tert-OH is 1. The number of phenolic OH excluding ortho intramolecular Hbond substituents is 1. The molecule has 7 heteroatoms. The number of thiocarbonyl (C=S) groups is 1. The lowest BCUT2D eigenvalue weighted by Crippen LogP contribution is -2.44. The number of amides is 1. The van der Waals surface area contributed by atoms with Crippen molar-refractivity contribution in [3.8, 4) is 5.75 Å². The van der Waals surface area contributed by atoms with Gasteiger partial charge in [-0.1, -0.05) is 18.2 Å². The third kappa shape index (κ3) is 2.34. The van der Waals surface area contributed by atoms with Gasteiger partial charge in [0.05, 0.1) is 24.8 Å². The van der Waals surface area contributed by atoms with E-state index in [1.165, 1.54) is 0 Å². The molecule has 1 atom stereocenters. The molecule has 0 spiro atoms. The van der Waals surface area contributed by atoms with Crippen LogP contribution >= 0.6 is 12.2 Å². The van der Waals surface area contributed by atoms with Crippen molar-refractivity contribution in [2.75, 3.05) is 19.7 Å². The Morgan fingerprint density at radius 1 is 1.38 bits per heavy atom. The summed E-state index contributed by atoms with van der Waals surface area (Å²) in [4.78, 5) is 14.0. The molecule has 0 saturated heterocycles. The summed E-state index contributed by atoms with van der Waals surface area (Å²) in [6.07, 6.45) is 0. The predicted octanol–water partition coefficient (Wildman–Crippen LogP) is -0.000400. The Morgan fingerprint density at radius 2 is 2.14 bits per heavy atom. The molecule has 1 amide bonds. The number of aromatic hydroxyl groups is 1. The highest BCUT2D eigenvalue weighted by Gasteiger charge is 2.39. The highest BCUT2D eigenvalue weighted by atomic mass is 32.1. The van der Waals surface area contributed by atoms with E-state index in [4.69, 9.17) is 17.3 Å². The van der Waals surface area contributed by atoms with E-state index in [2.05, 4.69) is 10.6 Å². The topological polar surface area (TPSA) is 84.8 Å². The minimum atomic E-state index is -0.480. The number of hydrogen-bond donors (Lipinski definition) is 4. The number of carbonyl (C=O) groups excluding carboxylic acids is 1. The minimum Gasteiger partial charge on any atom is -0.508 e. The average molecular weight is 305 g/mol. The van der Waals surface area contributed by atoms with Gasteiger partial charge in [0, 0.05) is 17.8 Å². The Hall–Kier alpha value is -2.12. The molecule has 0 saturated carbocycles. The van der Waals surface area contributed by atoms with Crippen LogP contribution in [0.25, 0.3) is 0 Å². The SMILES string of the molecule is O=C1C2=C(CN1CCO)NC(=S)NC2c1ccccc1O. The van der Waals surface area contributed by atoms with Gasteiger partial charge in [-0.25, -0.2) is 0 Å². The lowest BCUT2D eigenvalue weighted by molar-refractivity contribution is -0.126. The van der Waals surface area contributed by atoms with Crippen molar-refractivity contribution < 1.29 is 15.0 Å². The molecule has 110 valence electrons. The fraction of sp³-hybridized carbons (Fsp3) is 0.286. The monoisotopic (exact) mass is 305 g/mol. The van der Waals surface area contributed by atoms with Crippen molar-refractivity contribution in [3.05, 3.63) is 41.1 Å². The summed E-state index contributed by atoms with van der Waals surface area (Å²) >= 11 is 5.17. The number of phenols is 1. The van der Waals surface area contributed by atoms with E-state index in [9.17, 15) is 9.90 Å². The fourth-order valence-electron chi connectivity index (χ4n) is 2.69. The van der Waals surface area contributed by atoms with Crippen LogP contribution in [-0.2, 0) is 4.79 Å². The molecule has 0 aromatic heterocycles. The quantitative estimate of drug-likeness (QED) is 0.588. The lowest BCUT2D eigenvalue weighted by atomic mass is 9.95. The van der Waals surface area contributed by atoms with E-state index in [0.717, 1.165) is 5.70 Å². The summed E-state index contributed by atoms with van der Waals surface area (Å²) in [6, 6.07) is 6.38. The van der Waals surface area contributed by atoms with Gasteiger partial charge in [-0.3, -0.25) is 4.79 Å². The maximum atomic E-state index is 12.5. The number of nitrogens with one attached hydrogen (secondary N) is 2. The molecule has 1 aromatic carbocycles. The first-order chi connectivity index (χ1) is 10.1. The molecule has 2 aliphatic heterocycles. The first kappa shape index (κ1) is 13.8. The molecular formula is C14H15N3O3S. The number of rotatable bonds is 3. The highest BCUT2D eigenvalue weighted by molar-refractivity contribution is 7.80. The standard InChI is InChI=1S/C14H15N3O3S/c18-6-5-17-7-9-11(13(17)20)12(16-14(21)15-9)8-3-1-2-4-10(8)19/h1-4,12,18-19H,5-7H2,(H2,15,16,21). The maximum absolute atomic E-state index is 12.5. The second-order valence-electron chi connectivity index (χ2n) is 4.93. The fourth-order valence-corrected chi connectivity index (χ4v) is 2.94. The average Bonchev–Trinajstić information content (AvgIpc) is 2.75. The second-order valence-corrected chi connectivity index (χ2v) is 5.34. The van der Waals surface area contributed by atoms with Crippen LogP contribution in [0.4, 0.5) is 0 Å². The van der Waals surface area contributed by atoms with Crippen LogP contribution in [0.5, 0.6) is 5.75 Å². The Labute approximate surface area is 127 Å². The van der Waals surface area contributed by atoms with Crippen molar-refractivity contribution in [2.45, 2.75) is 6.04 Å². The maximum Gasteiger partial charge on any atom is 0.254 e. The van der Waals surface area contributed by atoms with Gasteiger partial charge >= 0.3 is 0 Å². The van der Waals surface area contributed by atoms with Gasteiger partial charge in [0.1, 0.15) is 5.75 Å². The first-order valence-corrected chi connectivity index (χ1v) is 7.01. The summed E-state index contributed by atoms with van der Waals surface area (Å²) < 4.78 is 0. The van der Waals surface area contributed by atoms with Crippen LogP contribution in [0, 0.1) is 0 Å². The summed E-state index contributed by atoms with van der Waals surface area (Å²) in [7, 11) is 0. The largest absolute Gasteiger partial charge is 0.508 e. The number of aliphatic hydroxyl groups is 1. The number of β-amino-alcohol motifs (C(OH)–C–C–N with tert-alkyl or cyclic N) is 1. The number of carbonyl (C=O) groups is 1. The summed E-state index contributed by atoms with van der Waals surface area (Å²) in [5, 5.41) is 25.5. The van der Waals surface area contributed by atoms with Gasteiger partial charge in [0.15, 0.2) is 5.11 Å². The van der Waals surface area contributed by atoms with Crippen LogP contribution < -0.4 is 10.6 Å². The van der Waals surface area contributed by atoms with E-state index in [1.54, 1.807) is 29.2 Å². The molecule has 21 heavy (non-hydrogen) atoms. The van der Waals surface area contributed by atoms with Gasteiger partial charge in [-0.2, -0.15) is 0 Å². The van der Waals surface area contributed by atoms with Crippen molar-refractivity contribution >= 4 is 23.2 Å². The van der Waals surface area contributed by atoms with Crippen LogP contribution in [0.3, 0.4) is 0 Å². The molecule has 1 unspecified atom stereocenters. The van der Waals surface area contributed by atoms with Crippen LogP contribution in [0.1, 0.15) is 11.6 Å². The molecule has 1 aromatic rings. The molecule has 2 aliphatic rings. The van der Waals surface area contributed by atoms with Gasteiger partial charge < -0.3 is 25.7 Å². The van der Waals surface area contributed by atoms with Crippen molar-refractivity contribution in [3.63, 3.8) is 0 Å². The number of hydrogen-bond acceptors (Lipinski definition) is 4. The zero-order valence-electron chi connectivity index (χ0n) is 11.2. The van der Waals surface area contributed by atoms with Crippen LogP contribution in [0.15, 0.2) is 35.5 Å². The molecular weight excluding hydrogens is 290 g/mol. The number of para-hydroxylation sites is 1. The molecule has 0 bridgehead atoms. The molecule has 3 rings (SSSR count). The van der Waals surface area contributed by atoms with Gasteiger partial charge in [0.2, 0.25) is 0 Å². The Bertz CT molecular complexity index is 644. The van der Waals surface area contributed by atoms with Crippen molar-refractivity contribution in [2.24, 2.45) is 0 Å². The molecule has 4 N–H and O–H groups in total. The van der Waals surface area contributed by atoms with Crippen molar-refractivity contribution in [1.29, 1.82) is 0 Å². The summed E-state index contributed by atoms with van der Waals surface area (Å²) in [5.41, 5.74) is 1.87. The number of benzene rings is 1. The van der Waals surface area contributed by atoms with Crippen molar-refractivity contribution in [1.82, 2.24) is 15.5 Å². The Kier molecular flexibility index (Phi) is 3.52. The van der Waals surface area contributed by atoms with Crippen LogP contribution in [0.2, 0.25) is 0 Å². The van der Waals surface area contributed by atoms with E-state index >= 15 is 0 Å². The highest BCUT2D eigenvalue weighted by Crippen LogP contribution is 2.35. The predicted molar refractivity (Wildman–Crippen MR) is 80.4 cm³/mol. The zero-order chi connectivity index (χ0) is 15.0. The molecule has 6 nitrogen and oxygen atoms in total. The van der Waals surface area contributed by atoms with Crippen LogP contribution in [-0.4, -0.2) is 45.8 Å². The lowest BCUT2D eigenvalue weighted by Gasteiger charge is -2.27. The third-order valence-corrected chi connectivity index (χ3v) is 3.86. The second kappa shape index (κ2) is 5.34. The van der Waals surface area contributed by atoms with Gasteiger partial charge in [0.25, 0.3) is 5.91 Å². The molecule has 0 radical (unpaired) electrons. The summed E-state index contributed by atoms with van der Waals surface area (Å²) in [6.45, 7) is 0.569. The Balaban J connectivity index is 2.01. The zero-order valence-corrected chi connectivity index (χ0v) is 12.0.